The van der Waals surface area contributed by atoms with Gasteiger partial charge in [-0.1, -0.05) is 0 Å². The highest BCUT2D eigenvalue weighted by molar-refractivity contribution is 5.77. The smallest absolute Gasteiger partial charge is 0.223 e. The molecular weight excluding hydrogens is 318 g/mol. The number of carbonyl (C=O) groups excluding carboxylic acids is 1. The standard InChI is InChI=1S/C18H27N5O2/c1-13-17(18(25-4)21(3)20-13)15-7-5-11-23(15)16(24)8-6-10-22-12-9-19-14(22)2/h9,12,15H,5-8,10-11H2,1-4H3/t15-/m1/s1. The Morgan fingerprint density at radius 3 is 2.88 bits per heavy atom. The molecule has 0 saturated carbocycles. The van der Waals surface area contributed by atoms with Gasteiger partial charge in [0.15, 0.2) is 0 Å². The number of hydrogen-bond donors (Lipinski definition) is 0. The van der Waals surface area contributed by atoms with Crippen LogP contribution in [0.1, 0.15) is 48.8 Å². The maximum absolute atomic E-state index is 12.8. The van der Waals surface area contributed by atoms with E-state index in [0.29, 0.717) is 6.42 Å². The van der Waals surface area contributed by atoms with Gasteiger partial charge in [0.25, 0.3) is 0 Å². The van der Waals surface area contributed by atoms with E-state index in [-0.39, 0.29) is 11.9 Å². The summed E-state index contributed by atoms with van der Waals surface area (Å²) >= 11 is 0. The number of carbonyl (C=O) groups is 1. The Balaban J connectivity index is 1.67. The maximum Gasteiger partial charge on any atom is 0.223 e. The van der Waals surface area contributed by atoms with Gasteiger partial charge in [0.1, 0.15) is 5.82 Å². The lowest BCUT2D eigenvalue weighted by Crippen LogP contribution is -2.31. The third-order valence-corrected chi connectivity index (χ3v) is 5.03. The van der Waals surface area contributed by atoms with Crippen molar-refractivity contribution in [3.05, 3.63) is 29.5 Å². The minimum absolute atomic E-state index is 0.0751. The second-order valence-corrected chi connectivity index (χ2v) is 6.65. The van der Waals surface area contributed by atoms with E-state index in [1.165, 1.54) is 0 Å². The summed E-state index contributed by atoms with van der Waals surface area (Å²) in [6, 6.07) is 0.0751. The molecule has 0 N–H and O–H groups in total. The SMILES string of the molecule is COc1c([C@H]2CCCN2C(=O)CCCn2ccnc2C)c(C)nn1C. The van der Waals surface area contributed by atoms with E-state index in [4.69, 9.17) is 4.74 Å². The number of amides is 1. The molecule has 1 atom stereocenters. The summed E-state index contributed by atoms with van der Waals surface area (Å²) in [5, 5.41) is 4.47. The van der Waals surface area contributed by atoms with Crippen molar-refractivity contribution in [3.8, 4) is 5.88 Å². The largest absolute Gasteiger partial charge is 0.481 e. The van der Waals surface area contributed by atoms with Gasteiger partial charge in [-0.2, -0.15) is 5.10 Å². The molecular formula is C18H27N5O2. The summed E-state index contributed by atoms with van der Waals surface area (Å²) in [5.41, 5.74) is 2.00. The van der Waals surface area contributed by atoms with Gasteiger partial charge in [0.2, 0.25) is 11.8 Å². The zero-order valence-corrected chi connectivity index (χ0v) is 15.5. The normalized spacial score (nSPS) is 17.3. The number of aryl methyl sites for hydroxylation is 4. The number of hydrogen-bond acceptors (Lipinski definition) is 4. The van der Waals surface area contributed by atoms with Crippen molar-refractivity contribution in [2.75, 3.05) is 13.7 Å². The Bertz CT molecular complexity index is 749. The molecule has 2 aromatic heterocycles. The summed E-state index contributed by atoms with van der Waals surface area (Å²) in [6.07, 6.45) is 7.12. The average molecular weight is 345 g/mol. The van der Waals surface area contributed by atoms with Gasteiger partial charge in [-0.15, -0.1) is 0 Å². The van der Waals surface area contributed by atoms with E-state index in [2.05, 4.69) is 14.6 Å². The third kappa shape index (κ3) is 3.41. The van der Waals surface area contributed by atoms with Gasteiger partial charge in [-0.25, -0.2) is 9.67 Å². The van der Waals surface area contributed by atoms with Crippen LogP contribution in [0.4, 0.5) is 0 Å². The van der Waals surface area contributed by atoms with E-state index < -0.39 is 0 Å². The van der Waals surface area contributed by atoms with Crippen LogP contribution in [0.2, 0.25) is 0 Å². The Morgan fingerprint density at radius 1 is 1.40 bits per heavy atom. The van der Waals surface area contributed by atoms with Crippen LogP contribution in [-0.2, 0) is 18.4 Å². The number of likely N-dealkylation sites (tertiary alicyclic amines) is 1. The van der Waals surface area contributed by atoms with E-state index >= 15 is 0 Å². The first-order valence-corrected chi connectivity index (χ1v) is 8.87. The van der Waals surface area contributed by atoms with Crippen LogP contribution in [0, 0.1) is 13.8 Å². The first-order valence-electron chi connectivity index (χ1n) is 8.87. The minimum atomic E-state index is 0.0751. The molecule has 0 radical (unpaired) electrons. The van der Waals surface area contributed by atoms with Crippen molar-refractivity contribution in [2.45, 2.75) is 52.1 Å². The Morgan fingerprint density at radius 2 is 2.20 bits per heavy atom. The molecule has 1 aliphatic heterocycles. The van der Waals surface area contributed by atoms with Crippen LogP contribution in [-0.4, -0.2) is 43.8 Å². The fourth-order valence-electron chi connectivity index (χ4n) is 3.83. The second kappa shape index (κ2) is 7.29. The van der Waals surface area contributed by atoms with Gasteiger partial charge in [-0.3, -0.25) is 4.79 Å². The summed E-state index contributed by atoms with van der Waals surface area (Å²) in [7, 11) is 3.54. The molecule has 1 amide bonds. The predicted molar refractivity (Wildman–Crippen MR) is 94.4 cm³/mol. The van der Waals surface area contributed by atoms with E-state index in [9.17, 15) is 4.79 Å². The molecule has 136 valence electrons. The summed E-state index contributed by atoms with van der Waals surface area (Å²) in [6.45, 7) is 5.60. The van der Waals surface area contributed by atoms with Crippen LogP contribution in [0.15, 0.2) is 12.4 Å². The fourth-order valence-corrected chi connectivity index (χ4v) is 3.83. The molecule has 0 aliphatic carbocycles. The first kappa shape index (κ1) is 17.5. The number of imidazole rings is 1. The quantitative estimate of drug-likeness (QED) is 0.806. The third-order valence-electron chi connectivity index (χ3n) is 5.03. The van der Waals surface area contributed by atoms with Gasteiger partial charge in [0, 0.05) is 39.0 Å². The molecule has 3 heterocycles. The number of methoxy groups -OCH3 is 1. The van der Waals surface area contributed by atoms with Gasteiger partial charge in [-0.05, 0) is 33.1 Å². The van der Waals surface area contributed by atoms with Crippen LogP contribution < -0.4 is 4.74 Å². The molecule has 0 unspecified atom stereocenters. The second-order valence-electron chi connectivity index (χ2n) is 6.65. The minimum Gasteiger partial charge on any atom is -0.481 e. The highest BCUT2D eigenvalue weighted by Gasteiger charge is 2.34. The van der Waals surface area contributed by atoms with Crippen LogP contribution in [0.3, 0.4) is 0 Å². The number of rotatable bonds is 6. The van der Waals surface area contributed by atoms with E-state index in [0.717, 1.165) is 55.3 Å². The van der Waals surface area contributed by atoms with Crippen LogP contribution in [0.5, 0.6) is 5.88 Å². The first-order chi connectivity index (χ1) is 12.0. The van der Waals surface area contributed by atoms with Crippen molar-refractivity contribution < 1.29 is 9.53 Å². The van der Waals surface area contributed by atoms with Gasteiger partial charge >= 0.3 is 0 Å². The van der Waals surface area contributed by atoms with Crippen molar-refractivity contribution >= 4 is 5.91 Å². The molecule has 25 heavy (non-hydrogen) atoms. The van der Waals surface area contributed by atoms with Crippen molar-refractivity contribution in [2.24, 2.45) is 7.05 Å². The molecule has 1 fully saturated rings. The van der Waals surface area contributed by atoms with Crippen molar-refractivity contribution in [1.29, 1.82) is 0 Å². The fraction of sp³-hybridized carbons (Fsp3) is 0.611. The van der Waals surface area contributed by atoms with Gasteiger partial charge < -0.3 is 14.2 Å². The van der Waals surface area contributed by atoms with E-state index in [1.807, 2.05) is 32.0 Å². The number of ether oxygens (including phenoxy) is 1. The summed E-state index contributed by atoms with van der Waals surface area (Å²) in [5.74, 6) is 1.96. The topological polar surface area (TPSA) is 65.2 Å². The highest BCUT2D eigenvalue weighted by atomic mass is 16.5. The Labute approximate surface area is 148 Å². The summed E-state index contributed by atoms with van der Waals surface area (Å²) < 4.78 is 9.38. The Hall–Kier alpha value is -2.31. The molecule has 2 aromatic rings. The zero-order chi connectivity index (χ0) is 18.0. The molecule has 7 nitrogen and oxygen atoms in total. The lowest BCUT2D eigenvalue weighted by molar-refractivity contribution is -0.132. The maximum atomic E-state index is 12.8. The molecule has 1 saturated heterocycles. The van der Waals surface area contributed by atoms with Crippen molar-refractivity contribution in [1.82, 2.24) is 24.2 Å². The summed E-state index contributed by atoms with van der Waals surface area (Å²) in [4.78, 5) is 19.0. The van der Waals surface area contributed by atoms with Crippen LogP contribution in [0.25, 0.3) is 0 Å². The van der Waals surface area contributed by atoms with Crippen molar-refractivity contribution in [3.63, 3.8) is 0 Å². The predicted octanol–water partition coefficient (Wildman–Crippen LogP) is 2.39. The average Bonchev–Trinajstić information content (AvgIpc) is 3.26. The molecule has 3 rings (SSSR count). The van der Waals surface area contributed by atoms with Crippen LogP contribution >= 0.6 is 0 Å². The zero-order valence-electron chi connectivity index (χ0n) is 15.5. The monoisotopic (exact) mass is 345 g/mol. The Kier molecular flexibility index (Phi) is 5.11. The van der Waals surface area contributed by atoms with Gasteiger partial charge in [0.05, 0.1) is 24.4 Å². The van der Waals surface area contributed by atoms with E-state index in [1.54, 1.807) is 18.0 Å². The molecule has 7 heteroatoms. The number of nitrogens with zero attached hydrogens (tertiary/aromatic N) is 5. The molecule has 1 aliphatic rings. The lowest BCUT2D eigenvalue weighted by atomic mass is 10.0. The number of aromatic nitrogens is 4. The molecule has 0 spiro atoms. The highest BCUT2D eigenvalue weighted by Crippen LogP contribution is 2.39. The molecule has 0 bridgehead atoms. The molecule has 0 aromatic carbocycles. The lowest BCUT2D eigenvalue weighted by Gasteiger charge is -2.25.